The normalized spacial score (nSPS) is 20.3. The van der Waals surface area contributed by atoms with Crippen molar-refractivity contribution in [2.24, 2.45) is 0 Å². The van der Waals surface area contributed by atoms with Gasteiger partial charge in [-0.3, -0.25) is 9.59 Å². The Bertz CT molecular complexity index is 690. The van der Waals surface area contributed by atoms with Gasteiger partial charge in [-0.2, -0.15) is 4.31 Å². The van der Waals surface area contributed by atoms with Crippen LogP contribution in [0.3, 0.4) is 0 Å². The molecule has 2 rings (SSSR count). The van der Waals surface area contributed by atoms with E-state index in [1.807, 2.05) is 0 Å². The molecule has 1 aromatic carbocycles. The zero-order valence-corrected chi connectivity index (χ0v) is 14.3. The molecule has 24 heavy (non-hydrogen) atoms. The summed E-state index contributed by atoms with van der Waals surface area (Å²) in [5.74, 6) is -1.46. The number of carbonyl (C=O) groups excluding carboxylic acids is 1. The molecule has 8 heteroatoms. The standard InChI is InChI=1S/C16H22N2O5S/c1-12(11-15(19)20)17-16(21)14-9-5-6-10-18(14)24(22,23)13-7-3-2-4-8-13/h2-4,7-8,12,14H,5-6,9-11H2,1H3,(H,17,21)(H,19,20). The number of hydrogen-bond donors (Lipinski definition) is 2. The van der Waals surface area contributed by atoms with Crippen LogP contribution >= 0.6 is 0 Å². The molecule has 0 bridgehead atoms. The predicted molar refractivity (Wildman–Crippen MR) is 87.8 cm³/mol. The third kappa shape index (κ3) is 4.33. The maximum atomic E-state index is 12.8. The number of hydrogen-bond acceptors (Lipinski definition) is 4. The van der Waals surface area contributed by atoms with Crippen molar-refractivity contribution in [3.8, 4) is 0 Å². The quantitative estimate of drug-likeness (QED) is 0.799. The van der Waals surface area contributed by atoms with E-state index in [4.69, 9.17) is 5.11 Å². The lowest BCUT2D eigenvalue weighted by Crippen LogP contribution is -2.53. The van der Waals surface area contributed by atoms with Crippen LogP contribution in [-0.2, 0) is 19.6 Å². The number of benzene rings is 1. The maximum Gasteiger partial charge on any atom is 0.305 e. The second-order valence-electron chi connectivity index (χ2n) is 5.95. The van der Waals surface area contributed by atoms with Crippen LogP contribution in [0.5, 0.6) is 0 Å². The van der Waals surface area contributed by atoms with E-state index in [9.17, 15) is 18.0 Å². The Kier molecular flexibility index (Phi) is 5.95. The number of nitrogens with zero attached hydrogens (tertiary/aromatic N) is 1. The molecule has 1 aliphatic rings. The monoisotopic (exact) mass is 354 g/mol. The van der Waals surface area contributed by atoms with E-state index in [1.165, 1.54) is 16.4 Å². The van der Waals surface area contributed by atoms with Gasteiger partial charge in [-0.05, 0) is 31.9 Å². The Morgan fingerprint density at radius 3 is 2.58 bits per heavy atom. The summed E-state index contributed by atoms with van der Waals surface area (Å²) in [6.07, 6.45) is 1.67. The van der Waals surface area contributed by atoms with Gasteiger partial charge in [0.25, 0.3) is 0 Å². The Balaban J connectivity index is 2.18. The third-order valence-electron chi connectivity index (χ3n) is 3.98. The van der Waals surface area contributed by atoms with Gasteiger partial charge >= 0.3 is 5.97 Å². The summed E-state index contributed by atoms with van der Waals surface area (Å²) < 4.78 is 26.9. The lowest BCUT2D eigenvalue weighted by Gasteiger charge is -2.34. The second kappa shape index (κ2) is 7.76. The molecule has 1 fully saturated rings. The van der Waals surface area contributed by atoms with Gasteiger partial charge in [-0.25, -0.2) is 8.42 Å². The van der Waals surface area contributed by atoms with Crippen LogP contribution in [0.1, 0.15) is 32.6 Å². The van der Waals surface area contributed by atoms with Crippen molar-refractivity contribution >= 4 is 21.9 Å². The minimum Gasteiger partial charge on any atom is -0.481 e. The summed E-state index contributed by atoms with van der Waals surface area (Å²) in [6, 6.07) is 6.66. The highest BCUT2D eigenvalue weighted by Gasteiger charge is 2.37. The SMILES string of the molecule is CC(CC(=O)O)NC(=O)C1CCCCN1S(=O)(=O)c1ccccc1. The third-order valence-corrected chi connectivity index (χ3v) is 5.90. The first kappa shape index (κ1) is 18.4. The molecule has 132 valence electrons. The highest BCUT2D eigenvalue weighted by atomic mass is 32.2. The molecular weight excluding hydrogens is 332 g/mol. The summed E-state index contributed by atoms with van der Waals surface area (Å²) in [7, 11) is -3.76. The minimum atomic E-state index is -3.76. The molecule has 1 saturated heterocycles. The van der Waals surface area contributed by atoms with E-state index in [1.54, 1.807) is 25.1 Å². The van der Waals surface area contributed by atoms with E-state index in [-0.39, 0.29) is 17.9 Å². The molecule has 0 saturated carbocycles. The van der Waals surface area contributed by atoms with Gasteiger partial charge in [0.1, 0.15) is 6.04 Å². The number of carbonyl (C=O) groups is 2. The summed E-state index contributed by atoms with van der Waals surface area (Å²) in [6.45, 7) is 1.87. The van der Waals surface area contributed by atoms with Crippen LogP contribution in [0.4, 0.5) is 0 Å². The van der Waals surface area contributed by atoms with Crippen molar-refractivity contribution in [3.63, 3.8) is 0 Å². The number of carboxylic acids is 1. The molecule has 1 amide bonds. The van der Waals surface area contributed by atoms with Crippen molar-refractivity contribution in [1.82, 2.24) is 9.62 Å². The lowest BCUT2D eigenvalue weighted by atomic mass is 10.0. The number of rotatable bonds is 6. The Hall–Kier alpha value is -1.93. The zero-order chi connectivity index (χ0) is 17.7. The maximum absolute atomic E-state index is 12.8. The fourth-order valence-corrected chi connectivity index (χ4v) is 4.51. The molecule has 0 spiro atoms. The van der Waals surface area contributed by atoms with Gasteiger partial charge in [-0.1, -0.05) is 24.6 Å². The molecule has 1 aliphatic heterocycles. The average Bonchev–Trinajstić information content (AvgIpc) is 2.54. The van der Waals surface area contributed by atoms with Crippen LogP contribution < -0.4 is 5.32 Å². The molecule has 7 nitrogen and oxygen atoms in total. The summed E-state index contributed by atoms with van der Waals surface area (Å²) in [5, 5.41) is 11.4. The Labute approximate surface area is 141 Å². The minimum absolute atomic E-state index is 0.156. The summed E-state index contributed by atoms with van der Waals surface area (Å²) in [4.78, 5) is 23.3. The smallest absolute Gasteiger partial charge is 0.305 e. The molecule has 1 heterocycles. The van der Waals surface area contributed by atoms with Crippen LogP contribution in [0.15, 0.2) is 35.2 Å². The summed E-state index contributed by atoms with van der Waals surface area (Å²) >= 11 is 0. The fourth-order valence-electron chi connectivity index (χ4n) is 2.83. The van der Waals surface area contributed by atoms with Gasteiger partial charge in [0.15, 0.2) is 0 Å². The van der Waals surface area contributed by atoms with Gasteiger partial charge in [-0.15, -0.1) is 0 Å². The van der Waals surface area contributed by atoms with E-state index < -0.39 is 34.0 Å². The van der Waals surface area contributed by atoms with Gasteiger partial charge in [0, 0.05) is 12.6 Å². The number of piperidine rings is 1. The molecular formula is C16H22N2O5S. The highest BCUT2D eigenvalue weighted by molar-refractivity contribution is 7.89. The van der Waals surface area contributed by atoms with Crippen molar-refractivity contribution in [2.75, 3.05) is 6.54 Å². The first-order valence-electron chi connectivity index (χ1n) is 7.91. The fraction of sp³-hybridized carbons (Fsp3) is 0.500. The Morgan fingerprint density at radius 2 is 1.96 bits per heavy atom. The molecule has 2 atom stereocenters. The topological polar surface area (TPSA) is 104 Å². The molecule has 2 unspecified atom stereocenters. The number of sulfonamides is 1. The van der Waals surface area contributed by atoms with Gasteiger partial charge < -0.3 is 10.4 Å². The number of carboxylic acid groups (broad SMARTS) is 1. The van der Waals surface area contributed by atoms with E-state index in [0.717, 1.165) is 6.42 Å². The number of aliphatic carboxylic acids is 1. The first-order valence-corrected chi connectivity index (χ1v) is 9.35. The zero-order valence-electron chi connectivity index (χ0n) is 13.5. The van der Waals surface area contributed by atoms with Gasteiger partial charge in [0.05, 0.1) is 11.3 Å². The lowest BCUT2D eigenvalue weighted by molar-refractivity contribution is -0.137. The molecule has 0 aliphatic carbocycles. The van der Waals surface area contributed by atoms with Crippen LogP contribution in [-0.4, -0.2) is 48.3 Å². The van der Waals surface area contributed by atoms with Crippen LogP contribution in [0.25, 0.3) is 0 Å². The second-order valence-corrected chi connectivity index (χ2v) is 7.84. The highest BCUT2D eigenvalue weighted by Crippen LogP contribution is 2.25. The molecule has 0 radical (unpaired) electrons. The van der Waals surface area contributed by atoms with Crippen LogP contribution in [0, 0.1) is 0 Å². The molecule has 2 N–H and O–H groups in total. The van der Waals surface area contributed by atoms with E-state index >= 15 is 0 Å². The molecule has 0 aromatic heterocycles. The van der Waals surface area contributed by atoms with Crippen molar-refractivity contribution < 1.29 is 23.1 Å². The van der Waals surface area contributed by atoms with E-state index in [2.05, 4.69) is 5.32 Å². The Morgan fingerprint density at radius 1 is 1.29 bits per heavy atom. The van der Waals surface area contributed by atoms with Gasteiger partial charge in [0.2, 0.25) is 15.9 Å². The average molecular weight is 354 g/mol. The predicted octanol–water partition coefficient (Wildman–Crippen LogP) is 1.21. The summed E-state index contributed by atoms with van der Waals surface area (Å²) in [5.41, 5.74) is 0. The number of nitrogens with one attached hydrogen (secondary N) is 1. The van der Waals surface area contributed by atoms with Crippen molar-refractivity contribution in [2.45, 2.75) is 49.6 Å². The molecule has 1 aromatic rings. The van der Waals surface area contributed by atoms with Crippen LogP contribution in [0.2, 0.25) is 0 Å². The van der Waals surface area contributed by atoms with Crippen molar-refractivity contribution in [3.05, 3.63) is 30.3 Å². The number of amides is 1. The van der Waals surface area contributed by atoms with Crippen molar-refractivity contribution in [1.29, 1.82) is 0 Å². The largest absolute Gasteiger partial charge is 0.481 e. The first-order chi connectivity index (χ1) is 11.3. The van der Waals surface area contributed by atoms with E-state index in [0.29, 0.717) is 12.8 Å².